The number of nitrogens with one attached hydrogen (secondary N) is 1. The second kappa shape index (κ2) is 9.22. The van der Waals surface area contributed by atoms with Crippen LogP contribution in [-0.4, -0.2) is 29.6 Å². The van der Waals surface area contributed by atoms with E-state index < -0.39 is 23.8 Å². The molecule has 2 N–H and O–H groups in total. The average molecular weight is 416 g/mol. The third-order valence-electron chi connectivity index (χ3n) is 5.29. The van der Waals surface area contributed by atoms with Crippen molar-refractivity contribution in [2.24, 2.45) is 11.8 Å². The van der Waals surface area contributed by atoms with Crippen LogP contribution in [0.15, 0.2) is 29.6 Å². The van der Waals surface area contributed by atoms with Gasteiger partial charge in [0.25, 0.3) is 0 Å². The summed E-state index contributed by atoms with van der Waals surface area (Å²) in [5, 5.41) is 14.5. The molecule has 1 aromatic carbocycles. The largest absolute Gasteiger partial charge is 0.481 e. The summed E-state index contributed by atoms with van der Waals surface area (Å²) < 4.78 is 5.22. The van der Waals surface area contributed by atoms with E-state index in [1.807, 2.05) is 36.6 Å². The van der Waals surface area contributed by atoms with Crippen LogP contribution in [0.25, 0.3) is 11.1 Å². The fraction of sp³-hybridized carbons (Fsp3) is 0.409. The number of amides is 1. The summed E-state index contributed by atoms with van der Waals surface area (Å²) in [6.45, 7) is 3.94. The van der Waals surface area contributed by atoms with Gasteiger partial charge in [-0.25, -0.2) is 4.79 Å². The van der Waals surface area contributed by atoms with E-state index in [9.17, 15) is 19.5 Å². The van der Waals surface area contributed by atoms with E-state index in [2.05, 4.69) is 5.32 Å². The van der Waals surface area contributed by atoms with Crippen LogP contribution >= 0.6 is 11.3 Å². The Hall–Kier alpha value is -2.67. The maximum absolute atomic E-state index is 12.9. The summed E-state index contributed by atoms with van der Waals surface area (Å²) in [5.41, 5.74) is 2.97. The van der Waals surface area contributed by atoms with Gasteiger partial charge in [-0.15, -0.1) is 11.3 Å². The van der Waals surface area contributed by atoms with Crippen LogP contribution in [-0.2, 0) is 14.3 Å². The molecular weight excluding hydrogens is 390 g/mol. The lowest BCUT2D eigenvalue weighted by atomic mass is 9.79. The van der Waals surface area contributed by atoms with E-state index in [0.29, 0.717) is 29.0 Å². The molecule has 1 aliphatic rings. The van der Waals surface area contributed by atoms with Crippen molar-refractivity contribution in [2.75, 3.05) is 11.9 Å². The molecule has 0 unspecified atom stereocenters. The Morgan fingerprint density at radius 2 is 1.79 bits per heavy atom. The molecule has 0 spiro atoms. The summed E-state index contributed by atoms with van der Waals surface area (Å²) in [6, 6.07) is 7.76. The van der Waals surface area contributed by atoms with E-state index in [1.165, 1.54) is 11.3 Å². The number of aryl methyl sites for hydroxylation is 1. The lowest BCUT2D eigenvalue weighted by Gasteiger charge is -2.27. The standard InChI is InChI=1S/C22H25NO5S/c1-3-28-22(27)18-17(14-10-8-13(2)9-11-14)12-29-20(18)23-19(24)15-6-4-5-7-16(15)21(25)26/h8-12,15-16H,3-7H2,1-2H3,(H,23,24)(H,25,26)/t15-,16-/m1/s1. The summed E-state index contributed by atoms with van der Waals surface area (Å²) in [5.74, 6) is -3.08. The molecule has 7 heteroatoms. The Bertz CT molecular complexity index is 902. The SMILES string of the molecule is CCOC(=O)c1c(-c2ccc(C)cc2)csc1NC(=O)[C@@H]1CCCC[C@H]1C(=O)O. The van der Waals surface area contributed by atoms with Crippen LogP contribution < -0.4 is 5.32 Å². The van der Waals surface area contributed by atoms with Crippen molar-refractivity contribution in [3.63, 3.8) is 0 Å². The highest BCUT2D eigenvalue weighted by atomic mass is 32.1. The molecule has 0 aliphatic heterocycles. The normalized spacial score (nSPS) is 18.8. The molecular formula is C22H25NO5S. The first-order valence-electron chi connectivity index (χ1n) is 9.81. The fourth-order valence-electron chi connectivity index (χ4n) is 3.75. The van der Waals surface area contributed by atoms with Crippen LogP contribution in [0.3, 0.4) is 0 Å². The highest BCUT2D eigenvalue weighted by Gasteiger charge is 2.36. The zero-order valence-electron chi connectivity index (χ0n) is 16.6. The van der Waals surface area contributed by atoms with Crippen LogP contribution in [0, 0.1) is 18.8 Å². The molecule has 0 bridgehead atoms. The number of ether oxygens (including phenoxy) is 1. The van der Waals surface area contributed by atoms with Crippen LogP contribution in [0.4, 0.5) is 5.00 Å². The maximum Gasteiger partial charge on any atom is 0.341 e. The fourth-order valence-corrected chi connectivity index (χ4v) is 4.71. The van der Waals surface area contributed by atoms with E-state index in [0.717, 1.165) is 24.0 Å². The summed E-state index contributed by atoms with van der Waals surface area (Å²) in [6.07, 6.45) is 2.67. The van der Waals surface area contributed by atoms with Crippen molar-refractivity contribution in [1.29, 1.82) is 0 Å². The average Bonchev–Trinajstić information content (AvgIpc) is 3.12. The van der Waals surface area contributed by atoms with Gasteiger partial charge in [-0.1, -0.05) is 42.7 Å². The number of esters is 1. The smallest absolute Gasteiger partial charge is 0.341 e. The molecule has 29 heavy (non-hydrogen) atoms. The zero-order chi connectivity index (χ0) is 21.0. The first-order valence-corrected chi connectivity index (χ1v) is 10.7. The number of rotatable bonds is 6. The van der Waals surface area contributed by atoms with Gasteiger partial charge in [-0.05, 0) is 32.3 Å². The number of anilines is 1. The molecule has 1 aromatic heterocycles. The monoisotopic (exact) mass is 415 g/mol. The van der Waals surface area contributed by atoms with Crippen LogP contribution in [0.2, 0.25) is 0 Å². The molecule has 6 nitrogen and oxygen atoms in total. The Kier molecular flexibility index (Phi) is 6.69. The van der Waals surface area contributed by atoms with Gasteiger partial charge < -0.3 is 15.2 Å². The second-order valence-electron chi connectivity index (χ2n) is 7.26. The third kappa shape index (κ3) is 4.67. The van der Waals surface area contributed by atoms with E-state index in [4.69, 9.17) is 4.74 Å². The van der Waals surface area contributed by atoms with Gasteiger partial charge in [0.05, 0.1) is 18.4 Å². The Balaban J connectivity index is 1.92. The molecule has 154 valence electrons. The zero-order valence-corrected chi connectivity index (χ0v) is 17.4. The van der Waals surface area contributed by atoms with Gasteiger partial charge in [0, 0.05) is 10.9 Å². The minimum atomic E-state index is -0.943. The third-order valence-corrected chi connectivity index (χ3v) is 6.19. The van der Waals surface area contributed by atoms with Crippen molar-refractivity contribution in [2.45, 2.75) is 39.5 Å². The maximum atomic E-state index is 12.9. The first-order chi connectivity index (χ1) is 13.9. The van der Waals surface area contributed by atoms with Crippen LogP contribution in [0.1, 0.15) is 48.5 Å². The predicted molar refractivity (Wildman–Crippen MR) is 112 cm³/mol. The Morgan fingerprint density at radius 3 is 2.41 bits per heavy atom. The minimum Gasteiger partial charge on any atom is -0.481 e. The molecule has 1 saturated carbocycles. The Labute approximate surface area is 173 Å². The number of carboxylic acids is 1. The molecule has 1 aliphatic carbocycles. The molecule has 2 aromatic rings. The predicted octanol–water partition coefficient (Wildman–Crippen LogP) is 4.73. The quantitative estimate of drug-likeness (QED) is 0.666. The van der Waals surface area contributed by atoms with Gasteiger partial charge in [0.1, 0.15) is 10.6 Å². The molecule has 1 fully saturated rings. The van der Waals surface area contributed by atoms with Crippen molar-refractivity contribution < 1.29 is 24.2 Å². The Morgan fingerprint density at radius 1 is 1.14 bits per heavy atom. The summed E-state index contributed by atoms with van der Waals surface area (Å²) >= 11 is 1.25. The highest BCUT2D eigenvalue weighted by Crippen LogP contribution is 2.38. The van der Waals surface area contributed by atoms with Gasteiger partial charge in [-0.3, -0.25) is 9.59 Å². The molecule has 1 amide bonds. The molecule has 0 saturated heterocycles. The second-order valence-corrected chi connectivity index (χ2v) is 8.14. The summed E-state index contributed by atoms with van der Waals surface area (Å²) in [4.78, 5) is 37.1. The number of carbonyl (C=O) groups is 3. The molecule has 3 rings (SSSR count). The minimum absolute atomic E-state index is 0.221. The molecule has 2 atom stereocenters. The van der Waals surface area contributed by atoms with E-state index >= 15 is 0 Å². The lowest BCUT2D eigenvalue weighted by molar-refractivity contribution is -0.147. The van der Waals surface area contributed by atoms with Crippen molar-refractivity contribution >= 4 is 34.2 Å². The van der Waals surface area contributed by atoms with Gasteiger partial charge in [0.2, 0.25) is 5.91 Å². The number of hydrogen-bond acceptors (Lipinski definition) is 5. The van der Waals surface area contributed by atoms with E-state index in [1.54, 1.807) is 6.92 Å². The number of hydrogen-bond donors (Lipinski definition) is 2. The van der Waals surface area contributed by atoms with Crippen molar-refractivity contribution in [1.82, 2.24) is 0 Å². The number of aliphatic carboxylic acids is 1. The highest BCUT2D eigenvalue weighted by molar-refractivity contribution is 7.15. The van der Waals surface area contributed by atoms with Gasteiger partial charge in [-0.2, -0.15) is 0 Å². The number of carbonyl (C=O) groups excluding carboxylic acids is 2. The van der Waals surface area contributed by atoms with Crippen molar-refractivity contribution in [3.05, 3.63) is 40.8 Å². The molecule has 0 radical (unpaired) electrons. The van der Waals surface area contributed by atoms with E-state index in [-0.39, 0.29) is 12.5 Å². The van der Waals surface area contributed by atoms with Gasteiger partial charge in [0.15, 0.2) is 0 Å². The first kappa shape index (κ1) is 21.0. The lowest BCUT2D eigenvalue weighted by Crippen LogP contribution is -2.36. The van der Waals surface area contributed by atoms with Gasteiger partial charge >= 0.3 is 11.9 Å². The number of thiophene rings is 1. The number of carboxylic acid groups (broad SMARTS) is 1. The topological polar surface area (TPSA) is 92.7 Å². The molecule has 1 heterocycles. The van der Waals surface area contributed by atoms with Crippen LogP contribution in [0.5, 0.6) is 0 Å². The van der Waals surface area contributed by atoms with Crippen molar-refractivity contribution in [3.8, 4) is 11.1 Å². The summed E-state index contributed by atoms with van der Waals surface area (Å²) in [7, 11) is 0. The number of benzene rings is 1.